The number of carbonyl (C=O) groups is 2. The van der Waals surface area contributed by atoms with Crippen LogP contribution >= 0.6 is 0 Å². The van der Waals surface area contributed by atoms with Crippen molar-refractivity contribution in [3.05, 3.63) is 65.7 Å². The number of hydrogen-bond donors (Lipinski definition) is 0. The molecular formula is C29H40O3. The van der Waals surface area contributed by atoms with Crippen LogP contribution in [0.3, 0.4) is 0 Å². The van der Waals surface area contributed by atoms with E-state index in [0.29, 0.717) is 11.3 Å². The Balaban J connectivity index is 1.54. The number of esters is 1. The van der Waals surface area contributed by atoms with Gasteiger partial charge in [-0.1, -0.05) is 120 Å². The Hall–Kier alpha value is -2.42. The van der Waals surface area contributed by atoms with Crippen LogP contribution in [-0.2, 0) is 11.2 Å². The largest absolute Gasteiger partial charge is 0.426 e. The third kappa shape index (κ3) is 11.3. The van der Waals surface area contributed by atoms with E-state index < -0.39 is 5.97 Å². The Kier molecular flexibility index (Phi) is 13.1. The minimum Gasteiger partial charge on any atom is -0.426 e. The molecule has 2 rings (SSSR count). The maximum atomic E-state index is 12.3. The number of ether oxygens (including phenoxy) is 1. The monoisotopic (exact) mass is 436 g/mol. The summed E-state index contributed by atoms with van der Waals surface area (Å²) in [5.74, 6) is -0.271. The zero-order valence-electron chi connectivity index (χ0n) is 19.8. The third-order valence-electron chi connectivity index (χ3n) is 5.87. The van der Waals surface area contributed by atoms with Crippen molar-refractivity contribution in [3.63, 3.8) is 0 Å². The highest BCUT2D eigenvalue weighted by Gasteiger charge is 2.13. The lowest BCUT2D eigenvalue weighted by atomic mass is 10.0. The van der Waals surface area contributed by atoms with E-state index in [1.807, 2.05) is 30.3 Å². The number of unbranched alkanes of at least 4 members (excludes halogenated alkanes) is 11. The molecule has 0 heterocycles. The van der Waals surface area contributed by atoms with Crippen molar-refractivity contribution < 1.29 is 14.3 Å². The first-order chi connectivity index (χ1) is 15.7. The number of ketones is 1. The van der Waals surface area contributed by atoms with Gasteiger partial charge in [0.2, 0.25) is 0 Å². The van der Waals surface area contributed by atoms with Gasteiger partial charge in [-0.05, 0) is 30.5 Å². The highest BCUT2D eigenvalue weighted by atomic mass is 16.5. The summed E-state index contributed by atoms with van der Waals surface area (Å²) in [6.07, 6.45) is 17.0. The minimum absolute atomic E-state index is 0.206. The number of hydrogen-bond acceptors (Lipinski definition) is 3. The van der Waals surface area contributed by atoms with E-state index in [2.05, 4.69) is 6.92 Å². The van der Waals surface area contributed by atoms with Crippen molar-refractivity contribution in [2.75, 3.05) is 0 Å². The van der Waals surface area contributed by atoms with Crippen molar-refractivity contribution in [2.24, 2.45) is 0 Å². The van der Waals surface area contributed by atoms with Crippen molar-refractivity contribution >= 4 is 11.8 Å². The van der Waals surface area contributed by atoms with Gasteiger partial charge in [-0.15, -0.1) is 0 Å². The summed E-state index contributed by atoms with van der Waals surface area (Å²) in [5.41, 5.74) is 1.81. The van der Waals surface area contributed by atoms with Crippen molar-refractivity contribution in [1.82, 2.24) is 0 Å². The van der Waals surface area contributed by atoms with Crippen LogP contribution in [0.15, 0.2) is 54.6 Å². The lowest BCUT2D eigenvalue weighted by molar-refractivity contribution is -0.133. The molecule has 174 valence electrons. The normalized spacial score (nSPS) is 10.8. The molecule has 0 N–H and O–H groups in total. The Morgan fingerprint density at radius 2 is 1.19 bits per heavy atom. The first-order valence-electron chi connectivity index (χ1n) is 12.6. The number of aryl methyl sites for hydroxylation is 1. The van der Waals surface area contributed by atoms with Gasteiger partial charge >= 0.3 is 5.97 Å². The number of benzene rings is 2. The number of carbonyl (C=O) groups excluding carboxylic acids is 2. The Morgan fingerprint density at radius 1 is 0.656 bits per heavy atom. The molecule has 2 aromatic rings. The lowest BCUT2D eigenvalue weighted by Gasteiger charge is -2.06. The van der Waals surface area contributed by atoms with Gasteiger partial charge in [0.05, 0.1) is 0 Å². The second kappa shape index (κ2) is 16.2. The van der Waals surface area contributed by atoms with Gasteiger partial charge in [-0.3, -0.25) is 9.59 Å². The fraction of sp³-hybridized carbons (Fsp3) is 0.517. The van der Waals surface area contributed by atoms with E-state index in [4.69, 9.17) is 4.74 Å². The van der Waals surface area contributed by atoms with Gasteiger partial charge in [-0.25, -0.2) is 0 Å². The van der Waals surface area contributed by atoms with Crippen LogP contribution in [0.2, 0.25) is 0 Å². The smallest absolute Gasteiger partial charge is 0.319 e. The molecule has 0 amide bonds. The maximum Gasteiger partial charge on any atom is 0.319 e. The summed E-state index contributed by atoms with van der Waals surface area (Å²) >= 11 is 0. The summed E-state index contributed by atoms with van der Waals surface area (Å²) in [7, 11) is 0. The second-order valence-corrected chi connectivity index (χ2v) is 8.72. The van der Waals surface area contributed by atoms with Crippen molar-refractivity contribution in [3.8, 4) is 5.75 Å². The highest BCUT2D eigenvalue weighted by Crippen LogP contribution is 2.15. The van der Waals surface area contributed by atoms with Gasteiger partial charge in [0, 0.05) is 5.56 Å². The van der Waals surface area contributed by atoms with Gasteiger partial charge < -0.3 is 4.74 Å². The van der Waals surface area contributed by atoms with E-state index in [9.17, 15) is 9.59 Å². The zero-order valence-corrected chi connectivity index (χ0v) is 19.8. The molecule has 0 bridgehead atoms. The van der Waals surface area contributed by atoms with E-state index in [-0.39, 0.29) is 12.2 Å². The average Bonchev–Trinajstić information content (AvgIpc) is 2.80. The molecule has 0 aliphatic rings. The van der Waals surface area contributed by atoms with Crippen LogP contribution in [0.25, 0.3) is 0 Å². The standard InChI is InChI=1S/C29H40O3/c1-2-3-4-5-6-7-8-9-10-11-12-14-17-25-20-22-26(23-21-25)28(30)24-29(31)32-27-18-15-13-16-19-27/h13,15-16,18-23H,2-12,14,17,24H2,1H3. The fourth-order valence-electron chi connectivity index (χ4n) is 3.92. The maximum absolute atomic E-state index is 12.3. The number of para-hydroxylation sites is 1. The summed E-state index contributed by atoms with van der Waals surface area (Å²) in [4.78, 5) is 24.3. The molecule has 2 aromatic carbocycles. The molecule has 0 saturated carbocycles. The van der Waals surface area contributed by atoms with Crippen LogP contribution in [0.4, 0.5) is 0 Å². The molecule has 0 radical (unpaired) electrons. The van der Waals surface area contributed by atoms with Crippen molar-refractivity contribution in [2.45, 2.75) is 96.8 Å². The molecule has 3 heteroatoms. The van der Waals surface area contributed by atoms with Crippen molar-refractivity contribution in [1.29, 1.82) is 0 Å². The van der Waals surface area contributed by atoms with Crippen LogP contribution in [0, 0.1) is 0 Å². The van der Waals surface area contributed by atoms with Crippen LogP contribution in [-0.4, -0.2) is 11.8 Å². The molecule has 32 heavy (non-hydrogen) atoms. The van der Waals surface area contributed by atoms with Crippen LogP contribution < -0.4 is 4.74 Å². The Labute approximate surface area is 194 Å². The summed E-state index contributed by atoms with van der Waals surface area (Å²) in [5, 5.41) is 0. The Morgan fingerprint density at radius 3 is 1.75 bits per heavy atom. The third-order valence-corrected chi connectivity index (χ3v) is 5.87. The second-order valence-electron chi connectivity index (χ2n) is 8.72. The Bertz CT molecular complexity index is 765. The predicted octanol–water partition coefficient (Wildman–Crippen LogP) is 8.11. The van der Waals surface area contributed by atoms with Gasteiger partial charge in [0.25, 0.3) is 0 Å². The van der Waals surface area contributed by atoms with Crippen LogP contribution in [0.1, 0.15) is 106 Å². The summed E-state index contributed by atoms with van der Waals surface area (Å²) in [6.45, 7) is 2.27. The molecule has 0 saturated heterocycles. The lowest BCUT2D eigenvalue weighted by Crippen LogP contribution is -2.14. The molecule has 0 atom stereocenters. The first kappa shape index (κ1) is 25.8. The van der Waals surface area contributed by atoms with Crippen LogP contribution in [0.5, 0.6) is 5.75 Å². The number of rotatable bonds is 17. The molecule has 3 nitrogen and oxygen atoms in total. The molecular weight excluding hydrogens is 396 g/mol. The fourth-order valence-corrected chi connectivity index (χ4v) is 3.92. The SMILES string of the molecule is CCCCCCCCCCCCCCc1ccc(C(=O)CC(=O)Oc2ccccc2)cc1. The number of Topliss-reactive ketones (excluding diaryl/α,β-unsaturated/α-hetero) is 1. The highest BCUT2D eigenvalue weighted by molar-refractivity contribution is 6.06. The topological polar surface area (TPSA) is 43.4 Å². The van der Waals surface area contributed by atoms with Gasteiger partial charge in [0.1, 0.15) is 12.2 Å². The van der Waals surface area contributed by atoms with E-state index in [1.54, 1.807) is 24.3 Å². The quantitative estimate of drug-likeness (QED) is 0.0827. The molecule has 0 aromatic heterocycles. The molecule has 0 fully saturated rings. The predicted molar refractivity (Wildman–Crippen MR) is 132 cm³/mol. The van der Waals surface area contributed by atoms with E-state index in [0.717, 1.165) is 6.42 Å². The minimum atomic E-state index is -0.526. The molecule has 0 aliphatic heterocycles. The molecule has 0 unspecified atom stereocenters. The van der Waals surface area contributed by atoms with E-state index in [1.165, 1.54) is 82.6 Å². The first-order valence-corrected chi connectivity index (χ1v) is 12.6. The van der Waals surface area contributed by atoms with E-state index >= 15 is 0 Å². The van der Waals surface area contributed by atoms with Gasteiger partial charge in [-0.2, -0.15) is 0 Å². The molecule has 0 aliphatic carbocycles. The molecule has 0 spiro atoms. The average molecular weight is 437 g/mol. The zero-order chi connectivity index (χ0) is 22.9. The summed E-state index contributed by atoms with van der Waals surface area (Å²) in [6, 6.07) is 16.5. The summed E-state index contributed by atoms with van der Waals surface area (Å²) < 4.78 is 5.20. The van der Waals surface area contributed by atoms with Gasteiger partial charge in [0.15, 0.2) is 5.78 Å².